The van der Waals surface area contributed by atoms with Gasteiger partial charge in [-0.05, 0) is 11.4 Å². The summed E-state index contributed by atoms with van der Waals surface area (Å²) >= 11 is 1.53. The minimum absolute atomic E-state index is 0.396. The van der Waals surface area contributed by atoms with Gasteiger partial charge in [0.1, 0.15) is 6.10 Å². The third kappa shape index (κ3) is 2.57. The van der Waals surface area contributed by atoms with Crippen LogP contribution in [0.1, 0.15) is 4.88 Å². The minimum Gasteiger partial charge on any atom is -0.394 e. The van der Waals surface area contributed by atoms with Crippen LogP contribution in [0.5, 0.6) is 0 Å². The first-order valence-corrected chi connectivity index (χ1v) is 4.61. The summed E-state index contributed by atoms with van der Waals surface area (Å²) in [6.07, 6.45) is -1.50. The Morgan fingerprint density at radius 2 is 2.08 bits per heavy atom. The smallest absolute Gasteiger partial charge is 0.103 e. The first kappa shape index (κ1) is 9.67. The molecule has 0 saturated carbocycles. The van der Waals surface area contributed by atoms with Gasteiger partial charge in [-0.1, -0.05) is 6.07 Å². The molecule has 2 unspecified atom stereocenters. The molecule has 2 atom stereocenters. The molecule has 3 nitrogen and oxygen atoms in total. The minimum atomic E-state index is -1.04. The van der Waals surface area contributed by atoms with Crippen molar-refractivity contribution in [3.8, 4) is 0 Å². The van der Waals surface area contributed by atoms with Gasteiger partial charge in [-0.3, -0.25) is 0 Å². The molecule has 1 rings (SSSR count). The van der Waals surface area contributed by atoms with E-state index in [0.29, 0.717) is 6.42 Å². The maximum absolute atomic E-state index is 9.29. The summed E-state index contributed by atoms with van der Waals surface area (Å²) in [5.74, 6) is 0. The third-order valence-electron chi connectivity index (χ3n) is 1.62. The molecule has 1 aromatic rings. The van der Waals surface area contributed by atoms with Crippen molar-refractivity contribution >= 4 is 11.3 Å². The summed E-state index contributed by atoms with van der Waals surface area (Å²) in [5, 5.41) is 28.8. The second-order valence-corrected chi connectivity index (χ2v) is 3.63. The summed E-state index contributed by atoms with van der Waals surface area (Å²) in [6.45, 7) is -0.396. The standard InChI is InChI=1S/C8H12O3S/c9-5-8(11)7(10)4-6-2-1-3-12-6/h1-3,7-11H,4-5H2. The Morgan fingerprint density at radius 3 is 2.58 bits per heavy atom. The van der Waals surface area contributed by atoms with Gasteiger partial charge in [0.2, 0.25) is 0 Å². The quantitative estimate of drug-likeness (QED) is 0.623. The lowest BCUT2D eigenvalue weighted by Crippen LogP contribution is -2.30. The first-order valence-electron chi connectivity index (χ1n) is 3.73. The predicted molar refractivity (Wildman–Crippen MR) is 47.1 cm³/mol. The van der Waals surface area contributed by atoms with Crippen molar-refractivity contribution in [3.05, 3.63) is 22.4 Å². The Balaban J connectivity index is 2.41. The summed E-state index contributed by atoms with van der Waals surface area (Å²) in [7, 11) is 0. The maximum Gasteiger partial charge on any atom is 0.103 e. The van der Waals surface area contributed by atoms with Crippen LogP contribution in [0.15, 0.2) is 17.5 Å². The molecule has 12 heavy (non-hydrogen) atoms. The average Bonchev–Trinajstić information content (AvgIpc) is 2.55. The monoisotopic (exact) mass is 188 g/mol. The van der Waals surface area contributed by atoms with E-state index >= 15 is 0 Å². The second-order valence-electron chi connectivity index (χ2n) is 2.60. The number of aliphatic hydroxyl groups is 3. The fourth-order valence-electron chi connectivity index (χ4n) is 0.893. The molecule has 1 heterocycles. The molecule has 68 valence electrons. The topological polar surface area (TPSA) is 60.7 Å². The van der Waals surface area contributed by atoms with Gasteiger partial charge in [-0.25, -0.2) is 0 Å². The van der Waals surface area contributed by atoms with Gasteiger partial charge in [0, 0.05) is 11.3 Å². The summed E-state index contributed by atoms with van der Waals surface area (Å²) in [6, 6.07) is 3.77. The highest BCUT2D eigenvalue weighted by Crippen LogP contribution is 2.12. The largest absolute Gasteiger partial charge is 0.394 e. The Labute approximate surface area is 74.9 Å². The van der Waals surface area contributed by atoms with Crippen LogP contribution in [0.3, 0.4) is 0 Å². The van der Waals surface area contributed by atoms with Crippen LogP contribution in [-0.2, 0) is 6.42 Å². The van der Waals surface area contributed by atoms with E-state index in [4.69, 9.17) is 10.2 Å². The average molecular weight is 188 g/mol. The summed E-state index contributed by atoms with van der Waals surface area (Å²) in [4.78, 5) is 1.01. The lowest BCUT2D eigenvalue weighted by Gasteiger charge is -2.13. The van der Waals surface area contributed by atoms with Crippen molar-refractivity contribution in [2.75, 3.05) is 6.61 Å². The van der Waals surface area contributed by atoms with Crippen molar-refractivity contribution < 1.29 is 15.3 Å². The van der Waals surface area contributed by atoms with Crippen LogP contribution in [0, 0.1) is 0 Å². The molecule has 0 fully saturated rings. The van der Waals surface area contributed by atoms with Crippen molar-refractivity contribution in [3.63, 3.8) is 0 Å². The van der Waals surface area contributed by atoms with E-state index in [0.717, 1.165) is 4.88 Å². The van der Waals surface area contributed by atoms with Crippen molar-refractivity contribution in [2.24, 2.45) is 0 Å². The second kappa shape index (κ2) is 4.57. The maximum atomic E-state index is 9.29. The van der Waals surface area contributed by atoms with Crippen LogP contribution in [0.2, 0.25) is 0 Å². The molecule has 0 radical (unpaired) electrons. The van der Waals surface area contributed by atoms with E-state index in [9.17, 15) is 5.11 Å². The van der Waals surface area contributed by atoms with Crippen LogP contribution in [-0.4, -0.2) is 34.1 Å². The van der Waals surface area contributed by atoms with E-state index < -0.39 is 18.8 Å². The first-order chi connectivity index (χ1) is 5.74. The SMILES string of the molecule is OCC(O)C(O)Cc1cccs1. The van der Waals surface area contributed by atoms with Crippen molar-refractivity contribution in [2.45, 2.75) is 18.6 Å². The number of hydrogen-bond acceptors (Lipinski definition) is 4. The molecule has 0 aliphatic carbocycles. The third-order valence-corrected chi connectivity index (χ3v) is 2.52. The van der Waals surface area contributed by atoms with Gasteiger partial charge >= 0.3 is 0 Å². The molecule has 0 amide bonds. The number of aliphatic hydroxyl groups excluding tert-OH is 3. The van der Waals surface area contributed by atoms with E-state index in [1.807, 2.05) is 17.5 Å². The van der Waals surface area contributed by atoms with Gasteiger partial charge in [-0.15, -0.1) is 11.3 Å². The molecule has 3 N–H and O–H groups in total. The van der Waals surface area contributed by atoms with Crippen LogP contribution in [0.4, 0.5) is 0 Å². The highest BCUT2D eigenvalue weighted by atomic mass is 32.1. The van der Waals surface area contributed by atoms with Crippen molar-refractivity contribution in [1.82, 2.24) is 0 Å². The molecule has 0 aliphatic rings. The molecule has 4 heteroatoms. The molecule has 0 saturated heterocycles. The van der Waals surface area contributed by atoms with Gasteiger partial charge in [0.25, 0.3) is 0 Å². The zero-order valence-corrected chi connectivity index (χ0v) is 7.37. The van der Waals surface area contributed by atoms with E-state index in [2.05, 4.69) is 0 Å². The highest BCUT2D eigenvalue weighted by molar-refractivity contribution is 7.09. The lowest BCUT2D eigenvalue weighted by molar-refractivity contribution is -0.0129. The van der Waals surface area contributed by atoms with Gasteiger partial charge in [0.15, 0.2) is 0 Å². The zero-order chi connectivity index (χ0) is 8.97. The molecular formula is C8H12O3S. The Morgan fingerprint density at radius 1 is 1.33 bits per heavy atom. The zero-order valence-electron chi connectivity index (χ0n) is 6.55. The summed E-state index contributed by atoms with van der Waals surface area (Å²) in [5.41, 5.74) is 0. The van der Waals surface area contributed by atoms with Gasteiger partial charge < -0.3 is 15.3 Å². The molecule has 0 aromatic carbocycles. The predicted octanol–water partition coefficient (Wildman–Crippen LogP) is 0.00470. The van der Waals surface area contributed by atoms with Crippen LogP contribution >= 0.6 is 11.3 Å². The van der Waals surface area contributed by atoms with Gasteiger partial charge in [0.05, 0.1) is 12.7 Å². The molecule has 1 aromatic heterocycles. The molecule has 0 bridgehead atoms. The Bertz CT molecular complexity index is 210. The van der Waals surface area contributed by atoms with E-state index in [-0.39, 0.29) is 0 Å². The fourth-order valence-corrected chi connectivity index (χ4v) is 1.65. The number of hydrogen-bond donors (Lipinski definition) is 3. The molecule has 0 spiro atoms. The fraction of sp³-hybridized carbons (Fsp3) is 0.500. The van der Waals surface area contributed by atoms with Crippen molar-refractivity contribution in [1.29, 1.82) is 0 Å². The Hall–Kier alpha value is -0.420. The van der Waals surface area contributed by atoms with Crippen LogP contribution < -0.4 is 0 Å². The summed E-state index contributed by atoms with van der Waals surface area (Å²) < 4.78 is 0. The lowest BCUT2D eigenvalue weighted by atomic mass is 10.1. The normalized spacial score (nSPS) is 15.9. The number of thiophene rings is 1. The van der Waals surface area contributed by atoms with Crippen LogP contribution in [0.25, 0.3) is 0 Å². The Kier molecular flexibility index (Phi) is 3.68. The highest BCUT2D eigenvalue weighted by Gasteiger charge is 2.15. The van der Waals surface area contributed by atoms with E-state index in [1.54, 1.807) is 0 Å². The molecular weight excluding hydrogens is 176 g/mol. The number of rotatable bonds is 4. The van der Waals surface area contributed by atoms with E-state index in [1.165, 1.54) is 11.3 Å². The van der Waals surface area contributed by atoms with Gasteiger partial charge in [-0.2, -0.15) is 0 Å². The molecule has 0 aliphatic heterocycles.